The van der Waals surface area contributed by atoms with Crippen molar-refractivity contribution in [2.75, 3.05) is 0 Å². The van der Waals surface area contributed by atoms with Crippen LogP contribution in [0.2, 0.25) is 0 Å². The van der Waals surface area contributed by atoms with E-state index in [4.69, 9.17) is 0 Å². The van der Waals surface area contributed by atoms with Crippen molar-refractivity contribution in [3.63, 3.8) is 0 Å². The average molecular weight is 327 g/mol. The van der Waals surface area contributed by atoms with Gasteiger partial charge in [-0.3, -0.25) is 4.79 Å². The predicted molar refractivity (Wildman–Crippen MR) is 88.9 cm³/mol. The first-order valence-corrected chi connectivity index (χ1v) is 8.26. The van der Waals surface area contributed by atoms with Gasteiger partial charge in [-0.05, 0) is 29.7 Å². The molecule has 0 saturated heterocycles. The molecule has 23 heavy (non-hydrogen) atoms. The summed E-state index contributed by atoms with van der Waals surface area (Å²) in [5.74, 6) is 0. The second kappa shape index (κ2) is 6.05. The third-order valence-electron chi connectivity index (χ3n) is 3.21. The lowest BCUT2D eigenvalue weighted by atomic mass is 10.2. The Hall–Kier alpha value is -2.93. The van der Waals surface area contributed by atoms with Crippen LogP contribution in [0.25, 0.3) is 10.9 Å². The largest absolute Gasteiger partial charge is 0.321 e. The molecule has 3 rings (SSSR count). The van der Waals surface area contributed by atoms with Crippen LogP contribution < -0.4 is 10.4 Å². The van der Waals surface area contributed by atoms with E-state index < -0.39 is 10.0 Å². The summed E-state index contributed by atoms with van der Waals surface area (Å²) in [6, 6.07) is 16.8. The molecule has 116 valence electrons. The molecular formula is C16H13N3O3S. The highest BCUT2D eigenvalue weighted by molar-refractivity contribution is 7.89. The molecule has 0 aliphatic carbocycles. The Kier molecular flexibility index (Phi) is 3.94. The fourth-order valence-electron chi connectivity index (χ4n) is 2.08. The number of sulfonamides is 1. The van der Waals surface area contributed by atoms with Crippen LogP contribution in [0, 0.1) is 0 Å². The molecule has 3 aromatic rings. The summed E-state index contributed by atoms with van der Waals surface area (Å²) in [5, 5.41) is 4.51. The first-order valence-electron chi connectivity index (χ1n) is 6.78. The first-order chi connectivity index (χ1) is 11.1. The van der Waals surface area contributed by atoms with Gasteiger partial charge in [0.15, 0.2) is 0 Å². The maximum absolute atomic E-state index is 12.0. The SMILES string of the molecule is O=c1[nH]c2ccccc2cc1C=NNS(=O)(=O)c1ccccc1. The standard InChI is InChI=1S/C16H13N3O3S/c20-16-13(10-12-6-4-5-9-15(12)18-16)11-17-19-23(21,22)14-7-2-1-3-8-14/h1-11,19H,(H,18,20). The number of benzene rings is 2. The van der Waals surface area contributed by atoms with Gasteiger partial charge in [0, 0.05) is 5.52 Å². The predicted octanol–water partition coefficient (Wildman–Crippen LogP) is 1.84. The Morgan fingerprint density at radius 3 is 2.48 bits per heavy atom. The van der Waals surface area contributed by atoms with Crippen molar-refractivity contribution in [2.45, 2.75) is 4.90 Å². The molecule has 6 nitrogen and oxygen atoms in total. The molecule has 0 saturated carbocycles. The van der Waals surface area contributed by atoms with E-state index >= 15 is 0 Å². The average Bonchev–Trinajstić information content (AvgIpc) is 2.56. The van der Waals surface area contributed by atoms with Crippen molar-refractivity contribution in [2.24, 2.45) is 5.10 Å². The van der Waals surface area contributed by atoms with E-state index in [1.54, 1.807) is 30.3 Å². The molecule has 1 heterocycles. The number of nitrogens with one attached hydrogen (secondary N) is 2. The molecule has 0 bridgehead atoms. The van der Waals surface area contributed by atoms with Crippen molar-refractivity contribution in [1.29, 1.82) is 0 Å². The molecule has 0 aliphatic heterocycles. The number of hydrazone groups is 1. The zero-order valence-electron chi connectivity index (χ0n) is 11.9. The maximum Gasteiger partial charge on any atom is 0.276 e. The summed E-state index contributed by atoms with van der Waals surface area (Å²) < 4.78 is 24.0. The minimum absolute atomic E-state index is 0.101. The lowest BCUT2D eigenvalue weighted by molar-refractivity contribution is 0.584. The fraction of sp³-hybridized carbons (Fsp3) is 0. The van der Waals surface area contributed by atoms with Crippen molar-refractivity contribution < 1.29 is 8.42 Å². The number of pyridine rings is 1. The fourth-order valence-corrected chi connectivity index (χ4v) is 2.89. The zero-order valence-corrected chi connectivity index (χ0v) is 12.7. The molecule has 0 aliphatic rings. The van der Waals surface area contributed by atoms with Crippen LogP contribution in [0.1, 0.15) is 5.56 Å². The summed E-state index contributed by atoms with van der Waals surface area (Å²) in [4.78, 5) is 16.8. The lowest BCUT2D eigenvalue weighted by Gasteiger charge is -2.02. The summed E-state index contributed by atoms with van der Waals surface area (Å²) >= 11 is 0. The van der Waals surface area contributed by atoms with E-state index in [-0.39, 0.29) is 16.0 Å². The Balaban J connectivity index is 1.86. The molecule has 1 aromatic heterocycles. The highest BCUT2D eigenvalue weighted by Gasteiger charge is 2.11. The number of para-hydroxylation sites is 1. The number of aromatic nitrogens is 1. The van der Waals surface area contributed by atoms with Crippen LogP contribution in [0.5, 0.6) is 0 Å². The van der Waals surface area contributed by atoms with E-state index in [0.717, 1.165) is 5.39 Å². The number of nitrogens with zero attached hydrogens (tertiary/aromatic N) is 1. The molecule has 0 radical (unpaired) electrons. The Morgan fingerprint density at radius 1 is 1.00 bits per heavy atom. The number of rotatable bonds is 4. The number of aromatic amines is 1. The Morgan fingerprint density at radius 2 is 1.70 bits per heavy atom. The molecule has 0 unspecified atom stereocenters. The van der Waals surface area contributed by atoms with Crippen LogP contribution in [0.4, 0.5) is 0 Å². The normalized spacial score (nSPS) is 11.8. The number of hydrogen-bond acceptors (Lipinski definition) is 4. The van der Waals surface area contributed by atoms with Crippen LogP contribution in [-0.2, 0) is 10.0 Å². The molecular weight excluding hydrogens is 314 g/mol. The molecule has 2 aromatic carbocycles. The van der Waals surface area contributed by atoms with Crippen molar-refractivity contribution in [1.82, 2.24) is 9.82 Å². The third-order valence-corrected chi connectivity index (χ3v) is 4.45. The van der Waals surface area contributed by atoms with Crippen LogP contribution in [0.15, 0.2) is 75.5 Å². The maximum atomic E-state index is 12.0. The summed E-state index contributed by atoms with van der Waals surface area (Å²) in [6.07, 6.45) is 1.19. The van der Waals surface area contributed by atoms with Crippen LogP contribution in [-0.4, -0.2) is 19.6 Å². The van der Waals surface area contributed by atoms with Gasteiger partial charge >= 0.3 is 0 Å². The molecule has 0 spiro atoms. The van der Waals surface area contributed by atoms with Gasteiger partial charge in [-0.2, -0.15) is 13.5 Å². The summed E-state index contributed by atoms with van der Waals surface area (Å²) in [6.45, 7) is 0. The molecule has 0 amide bonds. The van der Waals surface area contributed by atoms with E-state index in [1.807, 2.05) is 18.2 Å². The minimum Gasteiger partial charge on any atom is -0.321 e. The Labute approximate surface area is 132 Å². The van der Waals surface area contributed by atoms with E-state index in [0.29, 0.717) is 5.52 Å². The highest BCUT2D eigenvalue weighted by Crippen LogP contribution is 2.09. The molecule has 0 atom stereocenters. The van der Waals surface area contributed by atoms with Gasteiger partial charge in [0.05, 0.1) is 16.7 Å². The number of hydrogen-bond donors (Lipinski definition) is 2. The lowest BCUT2D eigenvalue weighted by Crippen LogP contribution is -2.19. The Bertz CT molecular complexity index is 1030. The topological polar surface area (TPSA) is 91.4 Å². The molecule has 0 fully saturated rings. The van der Waals surface area contributed by atoms with Gasteiger partial charge in [-0.1, -0.05) is 36.4 Å². The van der Waals surface area contributed by atoms with Gasteiger partial charge in [0.2, 0.25) is 0 Å². The number of H-pyrrole nitrogens is 1. The second-order valence-corrected chi connectivity index (χ2v) is 6.47. The van der Waals surface area contributed by atoms with Gasteiger partial charge in [-0.25, -0.2) is 4.83 Å². The van der Waals surface area contributed by atoms with Crippen molar-refractivity contribution in [3.05, 3.63) is 76.6 Å². The quantitative estimate of drug-likeness (QED) is 0.566. The van der Waals surface area contributed by atoms with Crippen molar-refractivity contribution >= 4 is 27.1 Å². The van der Waals surface area contributed by atoms with Crippen LogP contribution in [0.3, 0.4) is 0 Å². The first kappa shape index (κ1) is 15.0. The number of fused-ring (bicyclic) bond motifs is 1. The van der Waals surface area contributed by atoms with E-state index in [9.17, 15) is 13.2 Å². The highest BCUT2D eigenvalue weighted by atomic mass is 32.2. The zero-order chi connectivity index (χ0) is 16.3. The van der Waals surface area contributed by atoms with Gasteiger partial charge in [0.1, 0.15) is 0 Å². The van der Waals surface area contributed by atoms with Gasteiger partial charge in [0.25, 0.3) is 15.6 Å². The summed E-state index contributed by atoms with van der Waals surface area (Å²) in [7, 11) is -3.75. The van der Waals surface area contributed by atoms with E-state index in [1.165, 1.54) is 18.3 Å². The smallest absolute Gasteiger partial charge is 0.276 e. The van der Waals surface area contributed by atoms with Crippen molar-refractivity contribution in [3.8, 4) is 0 Å². The third kappa shape index (κ3) is 3.29. The molecule has 7 heteroatoms. The van der Waals surface area contributed by atoms with Gasteiger partial charge < -0.3 is 4.98 Å². The summed E-state index contributed by atoms with van der Waals surface area (Å²) in [5.41, 5.74) is 0.630. The second-order valence-electron chi connectivity index (χ2n) is 4.81. The minimum atomic E-state index is -3.75. The van der Waals surface area contributed by atoms with Crippen LogP contribution >= 0.6 is 0 Å². The molecule has 2 N–H and O–H groups in total. The van der Waals surface area contributed by atoms with Gasteiger partial charge in [-0.15, -0.1) is 0 Å². The monoisotopic (exact) mass is 327 g/mol. The van der Waals surface area contributed by atoms with E-state index in [2.05, 4.69) is 14.9 Å².